The van der Waals surface area contributed by atoms with Crippen molar-refractivity contribution < 1.29 is 14.6 Å². The van der Waals surface area contributed by atoms with Crippen molar-refractivity contribution in [2.75, 3.05) is 25.6 Å². The van der Waals surface area contributed by atoms with Gasteiger partial charge in [0.15, 0.2) is 0 Å². The summed E-state index contributed by atoms with van der Waals surface area (Å²) in [6.07, 6.45) is 2.12. The second-order valence-electron chi connectivity index (χ2n) is 3.24. The average molecular weight is 224 g/mol. The quantitative estimate of drug-likeness (QED) is 0.725. The summed E-state index contributed by atoms with van der Waals surface area (Å²) in [5, 5.41) is 11.8. The number of hydrogen-bond acceptors (Lipinski definition) is 5. The van der Waals surface area contributed by atoms with Crippen molar-refractivity contribution in [2.24, 2.45) is 0 Å². The van der Waals surface area contributed by atoms with Crippen LogP contribution in [-0.2, 0) is 11.2 Å². The van der Waals surface area contributed by atoms with Gasteiger partial charge in [0, 0.05) is 19.3 Å². The number of pyridine rings is 1. The van der Waals surface area contributed by atoms with E-state index in [4.69, 9.17) is 5.11 Å². The normalized spacial score (nSPS) is 9.94. The number of methoxy groups -OCH3 is 1. The van der Waals surface area contributed by atoms with Gasteiger partial charge in [-0.3, -0.25) is 0 Å². The van der Waals surface area contributed by atoms with Gasteiger partial charge >= 0.3 is 5.97 Å². The first-order valence-electron chi connectivity index (χ1n) is 5.14. The van der Waals surface area contributed by atoms with Gasteiger partial charge in [-0.1, -0.05) is 0 Å². The van der Waals surface area contributed by atoms with Crippen LogP contribution >= 0.6 is 0 Å². The number of nitrogens with one attached hydrogen (secondary N) is 1. The van der Waals surface area contributed by atoms with Gasteiger partial charge in [-0.15, -0.1) is 0 Å². The van der Waals surface area contributed by atoms with E-state index in [0.29, 0.717) is 24.3 Å². The largest absolute Gasteiger partial charge is 0.465 e. The van der Waals surface area contributed by atoms with Crippen LogP contribution in [0, 0.1) is 0 Å². The third-order valence-electron chi connectivity index (χ3n) is 2.09. The molecule has 0 bridgehead atoms. The molecule has 0 unspecified atom stereocenters. The van der Waals surface area contributed by atoms with E-state index in [0.717, 1.165) is 5.56 Å². The highest BCUT2D eigenvalue weighted by atomic mass is 16.5. The number of carbonyl (C=O) groups excluding carboxylic acids is 1. The number of hydrogen-bond donors (Lipinski definition) is 2. The summed E-state index contributed by atoms with van der Waals surface area (Å²) in [6.45, 7) is 2.63. The molecule has 0 saturated carbocycles. The highest BCUT2D eigenvalue weighted by Crippen LogP contribution is 2.15. The number of nitrogens with zero attached hydrogens (tertiary/aromatic N) is 1. The summed E-state index contributed by atoms with van der Waals surface area (Å²) in [6, 6.07) is 1.69. The van der Waals surface area contributed by atoms with Crippen LogP contribution in [0.15, 0.2) is 12.3 Å². The van der Waals surface area contributed by atoms with Gasteiger partial charge in [0.2, 0.25) is 0 Å². The first kappa shape index (κ1) is 12.4. The fraction of sp³-hybridized carbons (Fsp3) is 0.455. The molecule has 0 aliphatic rings. The number of ether oxygens (including phenoxy) is 1. The zero-order chi connectivity index (χ0) is 12.0. The Morgan fingerprint density at radius 2 is 2.38 bits per heavy atom. The first-order chi connectivity index (χ1) is 7.72. The molecule has 0 saturated heterocycles. The Balaban J connectivity index is 3.05. The summed E-state index contributed by atoms with van der Waals surface area (Å²) < 4.78 is 4.67. The third-order valence-corrected chi connectivity index (χ3v) is 2.09. The molecule has 1 heterocycles. The van der Waals surface area contributed by atoms with E-state index in [1.54, 1.807) is 12.3 Å². The summed E-state index contributed by atoms with van der Waals surface area (Å²) in [4.78, 5) is 15.6. The molecular formula is C11H16N2O3. The first-order valence-corrected chi connectivity index (χ1v) is 5.14. The van der Waals surface area contributed by atoms with Gasteiger partial charge < -0.3 is 15.2 Å². The van der Waals surface area contributed by atoms with Gasteiger partial charge in [-0.25, -0.2) is 9.78 Å². The second kappa shape index (κ2) is 6.07. The van der Waals surface area contributed by atoms with Crippen LogP contribution in [0.5, 0.6) is 0 Å². The minimum atomic E-state index is -0.428. The van der Waals surface area contributed by atoms with Gasteiger partial charge in [0.05, 0.1) is 7.11 Å². The number of anilines is 1. The van der Waals surface area contributed by atoms with Gasteiger partial charge in [-0.05, 0) is 25.0 Å². The molecule has 0 aromatic carbocycles. The van der Waals surface area contributed by atoms with Crippen molar-refractivity contribution in [3.63, 3.8) is 0 Å². The molecule has 0 amide bonds. The molecular weight excluding hydrogens is 208 g/mol. The number of aliphatic hydroxyl groups is 1. The minimum absolute atomic E-state index is 0.0306. The van der Waals surface area contributed by atoms with E-state index in [1.165, 1.54) is 7.11 Å². The van der Waals surface area contributed by atoms with E-state index in [2.05, 4.69) is 15.0 Å². The monoisotopic (exact) mass is 224 g/mol. The summed E-state index contributed by atoms with van der Waals surface area (Å²) >= 11 is 0. The molecule has 0 aliphatic heterocycles. The van der Waals surface area contributed by atoms with Crippen LogP contribution in [0.3, 0.4) is 0 Å². The maximum Gasteiger partial charge on any atom is 0.341 e. The van der Waals surface area contributed by atoms with Crippen LogP contribution in [0.25, 0.3) is 0 Å². The standard InChI is InChI=1S/C11H16N2O3/c1-3-12-10-9(11(15)16-2)6-8(4-5-14)7-13-10/h6-7,14H,3-5H2,1-2H3,(H,12,13). The van der Waals surface area contributed by atoms with Crippen molar-refractivity contribution in [1.29, 1.82) is 0 Å². The van der Waals surface area contributed by atoms with E-state index in [1.807, 2.05) is 6.92 Å². The van der Waals surface area contributed by atoms with Gasteiger partial charge in [-0.2, -0.15) is 0 Å². The molecule has 5 nitrogen and oxygen atoms in total. The average Bonchev–Trinajstić information content (AvgIpc) is 2.31. The van der Waals surface area contributed by atoms with Crippen molar-refractivity contribution in [3.8, 4) is 0 Å². The topological polar surface area (TPSA) is 71.5 Å². The predicted octanol–water partition coefficient (Wildman–Crippen LogP) is 0.835. The second-order valence-corrected chi connectivity index (χ2v) is 3.24. The SMILES string of the molecule is CCNc1ncc(CCO)cc1C(=O)OC. The fourth-order valence-electron chi connectivity index (χ4n) is 1.35. The fourth-order valence-corrected chi connectivity index (χ4v) is 1.35. The van der Waals surface area contributed by atoms with Crippen molar-refractivity contribution in [3.05, 3.63) is 23.4 Å². The highest BCUT2D eigenvalue weighted by molar-refractivity contribution is 5.94. The van der Waals surface area contributed by atoms with Crippen LogP contribution in [0.4, 0.5) is 5.82 Å². The number of aliphatic hydroxyl groups excluding tert-OH is 1. The lowest BCUT2D eigenvalue weighted by Gasteiger charge is -2.09. The maximum atomic E-state index is 11.5. The van der Waals surface area contributed by atoms with Crippen LogP contribution < -0.4 is 5.32 Å². The molecule has 88 valence electrons. The molecule has 0 aliphatic carbocycles. The Kier molecular flexibility index (Phi) is 4.72. The molecule has 16 heavy (non-hydrogen) atoms. The molecule has 0 spiro atoms. The number of rotatable bonds is 5. The van der Waals surface area contributed by atoms with Crippen LogP contribution in [-0.4, -0.2) is 36.3 Å². The lowest BCUT2D eigenvalue weighted by molar-refractivity contribution is 0.0601. The summed E-state index contributed by atoms with van der Waals surface area (Å²) in [5.41, 5.74) is 1.21. The van der Waals surface area contributed by atoms with Gasteiger partial charge in [0.1, 0.15) is 11.4 Å². The van der Waals surface area contributed by atoms with E-state index in [-0.39, 0.29) is 6.61 Å². The molecule has 5 heteroatoms. The zero-order valence-corrected chi connectivity index (χ0v) is 9.49. The minimum Gasteiger partial charge on any atom is -0.465 e. The van der Waals surface area contributed by atoms with Crippen molar-refractivity contribution in [1.82, 2.24) is 4.98 Å². The lowest BCUT2D eigenvalue weighted by atomic mass is 10.1. The van der Waals surface area contributed by atoms with E-state index >= 15 is 0 Å². The highest BCUT2D eigenvalue weighted by Gasteiger charge is 2.13. The Morgan fingerprint density at radius 3 is 2.94 bits per heavy atom. The molecule has 1 rings (SSSR count). The molecule has 0 radical (unpaired) electrons. The van der Waals surface area contributed by atoms with E-state index in [9.17, 15) is 4.79 Å². The Labute approximate surface area is 94.5 Å². The molecule has 0 atom stereocenters. The summed E-state index contributed by atoms with van der Waals surface area (Å²) in [7, 11) is 1.33. The lowest BCUT2D eigenvalue weighted by Crippen LogP contribution is -2.10. The Hall–Kier alpha value is -1.62. The van der Waals surface area contributed by atoms with E-state index < -0.39 is 5.97 Å². The zero-order valence-electron chi connectivity index (χ0n) is 9.49. The van der Waals surface area contributed by atoms with Crippen molar-refractivity contribution in [2.45, 2.75) is 13.3 Å². The third kappa shape index (κ3) is 2.93. The Bertz CT molecular complexity index is 366. The predicted molar refractivity (Wildman–Crippen MR) is 60.5 cm³/mol. The maximum absolute atomic E-state index is 11.5. The molecule has 1 aromatic heterocycles. The number of aromatic nitrogens is 1. The van der Waals surface area contributed by atoms with Crippen molar-refractivity contribution >= 4 is 11.8 Å². The Morgan fingerprint density at radius 1 is 1.62 bits per heavy atom. The number of carbonyl (C=O) groups is 1. The molecule has 2 N–H and O–H groups in total. The van der Waals surface area contributed by atoms with Crippen LogP contribution in [0.2, 0.25) is 0 Å². The number of esters is 1. The smallest absolute Gasteiger partial charge is 0.341 e. The summed E-state index contributed by atoms with van der Waals surface area (Å²) in [5.74, 6) is 0.0827. The molecule has 1 aromatic rings. The van der Waals surface area contributed by atoms with Crippen LogP contribution in [0.1, 0.15) is 22.8 Å². The van der Waals surface area contributed by atoms with Gasteiger partial charge in [0.25, 0.3) is 0 Å². The molecule has 0 fully saturated rings.